The van der Waals surface area contributed by atoms with Crippen molar-refractivity contribution in [3.05, 3.63) is 0 Å². The Hall–Kier alpha value is -0.330. The maximum absolute atomic E-state index is 11.8. The summed E-state index contributed by atoms with van der Waals surface area (Å²) >= 11 is 0. The van der Waals surface area contributed by atoms with Crippen LogP contribution >= 0.6 is 0 Å². The van der Waals surface area contributed by atoms with Crippen molar-refractivity contribution in [1.82, 2.24) is 0 Å². The molecular formula is C23H46O. The van der Waals surface area contributed by atoms with Gasteiger partial charge in [0.15, 0.2) is 0 Å². The minimum atomic E-state index is 0.513. The van der Waals surface area contributed by atoms with Gasteiger partial charge in [0.25, 0.3) is 0 Å². The van der Waals surface area contributed by atoms with Crippen LogP contribution in [0.15, 0.2) is 0 Å². The van der Waals surface area contributed by atoms with Crippen LogP contribution in [0.4, 0.5) is 0 Å². The molecule has 0 amide bonds. The molecule has 0 aliphatic rings. The highest BCUT2D eigenvalue weighted by Crippen LogP contribution is 2.13. The lowest BCUT2D eigenvalue weighted by molar-refractivity contribution is -0.119. The Balaban J connectivity index is 3.12. The Morgan fingerprint density at radius 1 is 0.417 bits per heavy atom. The van der Waals surface area contributed by atoms with Crippen LogP contribution in [-0.4, -0.2) is 5.78 Å². The van der Waals surface area contributed by atoms with E-state index in [-0.39, 0.29) is 0 Å². The van der Waals surface area contributed by atoms with Crippen molar-refractivity contribution in [1.29, 1.82) is 0 Å². The summed E-state index contributed by atoms with van der Waals surface area (Å²) < 4.78 is 0. The van der Waals surface area contributed by atoms with Gasteiger partial charge in [-0.05, 0) is 12.8 Å². The van der Waals surface area contributed by atoms with Gasteiger partial charge < -0.3 is 0 Å². The molecule has 1 nitrogen and oxygen atoms in total. The van der Waals surface area contributed by atoms with Crippen molar-refractivity contribution in [3.8, 4) is 0 Å². The van der Waals surface area contributed by atoms with Gasteiger partial charge >= 0.3 is 0 Å². The van der Waals surface area contributed by atoms with E-state index in [9.17, 15) is 4.79 Å². The van der Waals surface area contributed by atoms with E-state index in [1.165, 1.54) is 103 Å². The fraction of sp³-hybridized carbons (Fsp3) is 0.957. The Bertz CT molecular complexity index is 246. The number of rotatable bonds is 20. The first-order valence-electron chi connectivity index (χ1n) is 11.3. The topological polar surface area (TPSA) is 17.1 Å². The van der Waals surface area contributed by atoms with Gasteiger partial charge in [-0.3, -0.25) is 4.79 Å². The van der Waals surface area contributed by atoms with Crippen LogP contribution in [0.5, 0.6) is 0 Å². The smallest absolute Gasteiger partial charge is 0.132 e. The van der Waals surface area contributed by atoms with Crippen LogP contribution < -0.4 is 0 Å². The third kappa shape index (κ3) is 19.7. The molecular weight excluding hydrogens is 292 g/mol. The van der Waals surface area contributed by atoms with Gasteiger partial charge in [0.05, 0.1) is 0 Å². The summed E-state index contributed by atoms with van der Waals surface area (Å²) in [5.41, 5.74) is 0. The molecule has 1 heteroatoms. The second kappa shape index (κ2) is 20.7. The first-order chi connectivity index (χ1) is 11.8. The fourth-order valence-electron chi connectivity index (χ4n) is 3.39. The van der Waals surface area contributed by atoms with Gasteiger partial charge in [-0.2, -0.15) is 0 Å². The van der Waals surface area contributed by atoms with Crippen LogP contribution in [0.1, 0.15) is 142 Å². The van der Waals surface area contributed by atoms with E-state index in [1.807, 2.05) is 0 Å². The molecule has 0 unspecified atom stereocenters. The minimum Gasteiger partial charge on any atom is -0.300 e. The summed E-state index contributed by atoms with van der Waals surface area (Å²) in [6.07, 6.45) is 25.8. The van der Waals surface area contributed by atoms with E-state index >= 15 is 0 Å². The molecule has 0 spiro atoms. The average molecular weight is 339 g/mol. The quantitative estimate of drug-likeness (QED) is 0.204. The third-order valence-electron chi connectivity index (χ3n) is 5.12. The molecule has 0 atom stereocenters. The Labute approximate surface area is 153 Å². The van der Waals surface area contributed by atoms with Crippen LogP contribution in [0.3, 0.4) is 0 Å². The molecule has 0 aromatic carbocycles. The van der Waals surface area contributed by atoms with Crippen molar-refractivity contribution in [2.24, 2.45) is 0 Å². The molecule has 0 N–H and O–H groups in total. The summed E-state index contributed by atoms with van der Waals surface area (Å²) in [5.74, 6) is 0.513. The van der Waals surface area contributed by atoms with Crippen LogP contribution in [0.2, 0.25) is 0 Å². The van der Waals surface area contributed by atoms with Gasteiger partial charge in [0.2, 0.25) is 0 Å². The number of Topliss-reactive ketones (excluding diaryl/α,β-unsaturated/α-hetero) is 1. The van der Waals surface area contributed by atoms with Crippen molar-refractivity contribution in [3.63, 3.8) is 0 Å². The zero-order valence-electron chi connectivity index (χ0n) is 17.1. The molecule has 0 radical (unpaired) electrons. The highest BCUT2D eigenvalue weighted by atomic mass is 16.1. The summed E-state index contributed by atoms with van der Waals surface area (Å²) in [6, 6.07) is 0. The largest absolute Gasteiger partial charge is 0.300 e. The minimum absolute atomic E-state index is 0.513. The maximum Gasteiger partial charge on any atom is 0.132 e. The van der Waals surface area contributed by atoms with Crippen LogP contribution in [0.25, 0.3) is 0 Å². The standard InChI is InChI=1S/C23H46O/c1-3-5-7-9-11-12-13-14-16-18-20-22-23(24)21-19-17-15-10-8-6-4-2/h3-22H2,1-2H3. The lowest BCUT2D eigenvalue weighted by atomic mass is 10.0. The van der Waals surface area contributed by atoms with E-state index in [4.69, 9.17) is 0 Å². The molecule has 0 aliphatic heterocycles. The SMILES string of the molecule is CCCCCCCCCCCCCC(=O)CCCCCCCCC. The van der Waals surface area contributed by atoms with Crippen molar-refractivity contribution in [2.45, 2.75) is 142 Å². The molecule has 0 rings (SSSR count). The third-order valence-corrected chi connectivity index (χ3v) is 5.12. The number of ketones is 1. The van der Waals surface area contributed by atoms with E-state index in [0.29, 0.717) is 5.78 Å². The zero-order valence-corrected chi connectivity index (χ0v) is 17.1. The van der Waals surface area contributed by atoms with Gasteiger partial charge in [-0.1, -0.05) is 117 Å². The normalized spacial score (nSPS) is 11.1. The summed E-state index contributed by atoms with van der Waals surface area (Å²) in [6.45, 7) is 4.53. The number of hydrogen-bond donors (Lipinski definition) is 0. The summed E-state index contributed by atoms with van der Waals surface area (Å²) in [7, 11) is 0. The molecule has 0 aromatic heterocycles. The average Bonchev–Trinajstić information content (AvgIpc) is 2.59. The van der Waals surface area contributed by atoms with Gasteiger partial charge in [-0.15, -0.1) is 0 Å². The van der Waals surface area contributed by atoms with E-state index in [1.54, 1.807) is 0 Å². The monoisotopic (exact) mass is 338 g/mol. The first-order valence-corrected chi connectivity index (χ1v) is 11.3. The molecule has 24 heavy (non-hydrogen) atoms. The Kier molecular flexibility index (Phi) is 20.4. The van der Waals surface area contributed by atoms with Crippen molar-refractivity contribution < 1.29 is 4.79 Å². The molecule has 144 valence electrons. The number of hydrogen-bond acceptors (Lipinski definition) is 1. The highest BCUT2D eigenvalue weighted by molar-refractivity contribution is 5.78. The molecule has 0 saturated heterocycles. The number of unbranched alkanes of at least 4 members (excludes halogenated alkanes) is 16. The predicted octanol–water partition coefficient (Wildman–Crippen LogP) is 8.40. The second-order valence-corrected chi connectivity index (χ2v) is 7.70. The zero-order chi connectivity index (χ0) is 17.7. The molecule has 0 aliphatic carbocycles. The van der Waals surface area contributed by atoms with Gasteiger partial charge in [0.1, 0.15) is 5.78 Å². The summed E-state index contributed by atoms with van der Waals surface area (Å²) in [5, 5.41) is 0. The lowest BCUT2D eigenvalue weighted by Gasteiger charge is -2.03. The Morgan fingerprint density at radius 2 is 0.667 bits per heavy atom. The van der Waals surface area contributed by atoms with Crippen molar-refractivity contribution in [2.75, 3.05) is 0 Å². The second-order valence-electron chi connectivity index (χ2n) is 7.70. The predicted molar refractivity (Wildman–Crippen MR) is 109 cm³/mol. The molecule has 0 bridgehead atoms. The van der Waals surface area contributed by atoms with E-state index in [2.05, 4.69) is 13.8 Å². The fourth-order valence-corrected chi connectivity index (χ4v) is 3.39. The first kappa shape index (κ1) is 23.7. The van der Waals surface area contributed by atoms with Crippen molar-refractivity contribution >= 4 is 5.78 Å². The van der Waals surface area contributed by atoms with E-state index in [0.717, 1.165) is 25.7 Å². The Morgan fingerprint density at radius 3 is 0.958 bits per heavy atom. The molecule has 0 saturated carbocycles. The molecule has 0 heterocycles. The van der Waals surface area contributed by atoms with Crippen LogP contribution in [-0.2, 0) is 4.79 Å². The summed E-state index contributed by atoms with van der Waals surface area (Å²) in [4.78, 5) is 11.8. The van der Waals surface area contributed by atoms with E-state index < -0.39 is 0 Å². The number of carbonyl (C=O) groups excluding carboxylic acids is 1. The lowest BCUT2D eigenvalue weighted by Crippen LogP contribution is -1.97. The number of carbonyl (C=O) groups is 1. The van der Waals surface area contributed by atoms with Gasteiger partial charge in [-0.25, -0.2) is 0 Å². The molecule has 0 aromatic rings. The van der Waals surface area contributed by atoms with Crippen LogP contribution in [0, 0.1) is 0 Å². The maximum atomic E-state index is 11.8. The highest BCUT2D eigenvalue weighted by Gasteiger charge is 2.02. The molecule has 0 fully saturated rings. The van der Waals surface area contributed by atoms with Gasteiger partial charge in [0, 0.05) is 12.8 Å².